The summed E-state index contributed by atoms with van der Waals surface area (Å²) >= 11 is 0. The van der Waals surface area contributed by atoms with Crippen molar-refractivity contribution in [3.05, 3.63) is 12.2 Å². The van der Waals surface area contributed by atoms with Crippen LogP contribution in [0.25, 0.3) is 0 Å². The second-order valence-electron chi connectivity index (χ2n) is 5.17. The van der Waals surface area contributed by atoms with Crippen LogP contribution in [0.3, 0.4) is 0 Å². The standard InChI is InChI=1S/C16H30N2O4.K/c1-3-4-5-6-7-9-15(20)17-10-12-18(11-8-13-19)14(2)16(21)22;/h4-5,14,19H,3,6-13H2,1-2H3,(H,17,20)(H,21,22);/q;+1/p-1/b5-4+;. The first-order valence-electron chi connectivity index (χ1n) is 7.96. The van der Waals surface area contributed by atoms with Crippen LogP contribution in [0.1, 0.15) is 46.0 Å². The predicted octanol–water partition coefficient (Wildman–Crippen LogP) is -1.96. The van der Waals surface area contributed by atoms with E-state index in [-0.39, 0.29) is 63.9 Å². The zero-order valence-electron chi connectivity index (χ0n) is 14.7. The quantitative estimate of drug-likeness (QED) is 0.132. The summed E-state index contributed by atoms with van der Waals surface area (Å²) in [5, 5.41) is 29.5. The zero-order chi connectivity index (χ0) is 16.8. The largest absolute Gasteiger partial charge is 1.00 e. The summed E-state index contributed by atoms with van der Waals surface area (Å²) in [5.74, 6) is -1.04. The van der Waals surface area contributed by atoms with Gasteiger partial charge in [-0.15, -0.1) is 0 Å². The maximum Gasteiger partial charge on any atom is 1.00 e. The van der Waals surface area contributed by atoms with E-state index in [2.05, 4.69) is 24.1 Å². The molecule has 0 spiro atoms. The Morgan fingerprint density at radius 3 is 2.57 bits per heavy atom. The number of aliphatic carboxylic acids is 1. The molecule has 0 aromatic rings. The van der Waals surface area contributed by atoms with Crippen LogP contribution in [-0.2, 0) is 4.79 Å². The van der Waals surface area contributed by atoms with Gasteiger partial charge in [0.1, 0.15) is 6.04 Å². The van der Waals surface area contributed by atoms with Gasteiger partial charge >= 0.3 is 57.4 Å². The summed E-state index contributed by atoms with van der Waals surface area (Å²) in [5.41, 5.74) is 0. The number of carboxylic acids is 1. The van der Waals surface area contributed by atoms with Gasteiger partial charge in [0, 0.05) is 19.7 Å². The van der Waals surface area contributed by atoms with Crippen molar-refractivity contribution < 1.29 is 71.5 Å². The molecule has 1 atom stereocenters. The molecule has 0 rings (SSSR count). The van der Waals surface area contributed by atoms with Crippen molar-refractivity contribution >= 4 is 11.9 Å². The molecule has 0 heterocycles. The molecule has 7 heteroatoms. The first-order chi connectivity index (χ1) is 10.5. The van der Waals surface area contributed by atoms with Gasteiger partial charge in [0.25, 0.3) is 0 Å². The summed E-state index contributed by atoms with van der Waals surface area (Å²) in [7, 11) is 0. The number of hydrogen-bond donors (Lipinski definition) is 2. The molecule has 0 radical (unpaired) electrons. The molecule has 0 aromatic carbocycles. The van der Waals surface area contributed by atoms with E-state index in [1.165, 1.54) is 0 Å². The van der Waals surface area contributed by atoms with Gasteiger partial charge in [-0.3, -0.25) is 9.69 Å². The van der Waals surface area contributed by atoms with Crippen molar-refractivity contribution in [1.29, 1.82) is 0 Å². The van der Waals surface area contributed by atoms with Crippen LogP contribution in [0.5, 0.6) is 0 Å². The van der Waals surface area contributed by atoms with Gasteiger partial charge in [-0.1, -0.05) is 19.1 Å². The molecule has 0 aliphatic heterocycles. The Balaban J connectivity index is 0. The Hall–Kier alpha value is 0.236. The second-order valence-corrected chi connectivity index (χ2v) is 5.17. The first kappa shape index (κ1) is 25.5. The van der Waals surface area contributed by atoms with Crippen molar-refractivity contribution in [3.8, 4) is 0 Å². The minimum absolute atomic E-state index is 0. The molecule has 0 amide bonds. The van der Waals surface area contributed by atoms with E-state index >= 15 is 0 Å². The Morgan fingerprint density at radius 2 is 2.00 bits per heavy atom. The summed E-state index contributed by atoms with van der Waals surface area (Å²) in [4.78, 5) is 16.7. The third kappa shape index (κ3) is 14.3. The Morgan fingerprint density at radius 1 is 1.30 bits per heavy atom. The second kappa shape index (κ2) is 17.1. The number of carboxylic acid groups (broad SMARTS) is 1. The zero-order valence-corrected chi connectivity index (χ0v) is 17.8. The van der Waals surface area contributed by atoms with Crippen LogP contribution in [0.15, 0.2) is 17.1 Å². The van der Waals surface area contributed by atoms with Gasteiger partial charge in [-0.2, -0.15) is 0 Å². The van der Waals surface area contributed by atoms with Crippen molar-refractivity contribution in [2.45, 2.75) is 52.0 Å². The van der Waals surface area contributed by atoms with Gasteiger partial charge in [0.15, 0.2) is 0 Å². The van der Waals surface area contributed by atoms with E-state index < -0.39 is 12.0 Å². The summed E-state index contributed by atoms with van der Waals surface area (Å²) in [6.45, 7) is 4.88. The minimum Gasteiger partial charge on any atom is -0.862 e. The summed E-state index contributed by atoms with van der Waals surface area (Å²) in [6.07, 6.45) is 7.76. The molecule has 1 unspecified atom stereocenters. The number of rotatable bonds is 13. The van der Waals surface area contributed by atoms with Gasteiger partial charge in [0.05, 0.1) is 6.54 Å². The van der Waals surface area contributed by atoms with Gasteiger partial charge in [-0.25, -0.2) is 0 Å². The predicted molar refractivity (Wildman–Crippen MR) is 86.0 cm³/mol. The Labute approximate surface area is 182 Å². The van der Waals surface area contributed by atoms with E-state index in [4.69, 9.17) is 10.2 Å². The number of unbranched alkanes of at least 4 members (excludes halogenated alkanes) is 1. The molecule has 23 heavy (non-hydrogen) atoms. The maximum absolute atomic E-state index is 11.6. The topological polar surface area (TPSA) is 96.2 Å². The van der Waals surface area contributed by atoms with Crippen molar-refractivity contribution in [2.24, 2.45) is 4.99 Å². The number of aliphatic hydroxyl groups excluding tert-OH is 1. The molecule has 2 N–H and O–H groups in total. The first-order valence-corrected chi connectivity index (χ1v) is 7.96. The molecule has 128 valence electrons. The maximum atomic E-state index is 11.6. The third-order valence-corrected chi connectivity index (χ3v) is 3.35. The van der Waals surface area contributed by atoms with E-state index in [9.17, 15) is 9.90 Å². The Kier molecular flexibility index (Phi) is 18.9. The molecule has 0 aliphatic rings. The van der Waals surface area contributed by atoms with Crippen LogP contribution in [-0.4, -0.2) is 59.3 Å². The Bertz CT molecular complexity index is 362. The third-order valence-electron chi connectivity index (χ3n) is 3.35. The summed E-state index contributed by atoms with van der Waals surface area (Å²) in [6, 6.07) is -0.643. The number of nitrogens with zero attached hydrogens (tertiary/aromatic N) is 2. The van der Waals surface area contributed by atoms with Gasteiger partial charge < -0.3 is 20.3 Å². The average Bonchev–Trinajstić information content (AvgIpc) is 2.49. The molecule has 0 fully saturated rings. The van der Waals surface area contributed by atoms with Gasteiger partial charge in [0.2, 0.25) is 0 Å². The van der Waals surface area contributed by atoms with E-state index in [0.717, 1.165) is 19.3 Å². The SMILES string of the molecule is CC/C=C/CCCC([O-])=NCCN(CCCO)C(C)C(=O)O.[K+]. The smallest absolute Gasteiger partial charge is 0.862 e. The monoisotopic (exact) mass is 352 g/mol. The van der Waals surface area contributed by atoms with Crippen LogP contribution in [0, 0.1) is 0 Å². The molecule has 0 aromatic heterocycles. The fourth-order valence-corrected chi connectivity index (χ4v) is 1.97. The normalized spacial score (nSPS) is 13.3. The van der Waals surface area contributed by atoms with E-state index in [1.807, 2.05) is 0 Å². The molecule has 0 bridgehead atoms. The average molecular weight is 353 g/mol. The minimum atomic E-state index is -0.910. The van der Waals surface area contributed by atoms with Crippen molar-refractivity contribution in [2.75, 3.05) is 26.2 Å². The number of aliphatic imine (C=N–C) groups is 1. The van der Waals surface area contributed by atoms with Crippen molar-refractivity contribution in [3.63, 3.8) is 0 Å². The van der Waals surface area contributed by atoms with Crippen LogP contribution in [0.4, 0.5) is 0 Å². The molecular formula is C16H29KN2O4. The van der Waals surface area contributed by atoms with Gasteiger partial charge in [-0.05, 0) is 44.9 Å². The van der Waals surface area contributed by atoms with E-state index in [1.54, 1.807) is 11.8 Å². The number of allylic oxidation sites excluding steroid dienone is 2. The van der Waals surface area contributed by atoms with Crippen molar-refractivity contribution in [1.82, 2.24) is 4.90 Å². The fraction of sp³-hybridized carbons (Fsp3) is 0.750. The van der Waals surface area contributed by atoms with Crippen LogP contribution >= 0.6 is 0 Å². The van der Waals surface area contributed by atoms with Crippen LogP contribution in [0.2, 0.25) is 0 Å². The van der Waals surface area contributed by atoms with E-state index in [0.29, 0.717) is 32.5 Å². The number of aliphatic hydroxyl groups is 1. The molecule has 6 nitrogen and oxygen atoms in total. The summed E-state index contributed by atoms with van der Waals surface area (Å²) < 4.78 is 0. The molecular weight excluding hydrogens is 323 g/mol. The fourth-order valence-electron chi connectivity index (χ4n) is 1.97. The van der Waals surface area contributed by atoms with Crippen LogP contribution < -0.4 is 56.5 Å². The number of carbonyl (C=O) groups is 1. The number of hydrogen-bond acceptors (Lipinski definition) is 5. The molecule has 0 aliphatic carbocycles. The molecule has 0 saturated heterocycles. The molecule has 0 saturated carbocycles.